The van der Waals surface area contributed by atoms with Crippen molar-refractivity contribution in [3.05, 3.63) is 87.0 Å². The number of benzene rings is 2. The van der Waals surface area contributed by atoms with Crippen LogP contribution in [0.25, 0.3) is 11.8 Å². The lowest BCUT2D eigenvalue weighted by atomic mass is 9.85. The predicted molar refractivity (Wildman–Crippen MR) is 153 cm³/mol. The van der Waals surface area contributed by atoms with Crippen molar-refractivity contribution in [2.45, 2.75) is 64.9 Å². The topological polar surface area (TPSA) is 37.3 Å². The first-order valence-electron chi connectivity index (χ1n) is 12.8. The molecule has 2 fully saturated rings. The predicted octanol–water partition coefficient (Wildman–Crippen LogP) is 7.95. The van der Waals surface area contributed by atoms with Gasteiger partial charge < -0.3 is 14.8 Å². The quantitative estimate of drug-likeness (QED) is 0.347. The van der Waals surface area contributed by atoms with Gasteiger partial charge >= 0.3 is 0 Å². The standard InChI is InChI=1S/C30H34ClN3OS/c1-19-14-15-25(18-26(19)31)33-21(3)16-23(22(33)4)17-28-29(35)34(27-13-9-8-10-20(27)2)30(36-28)32-24-11-6-5-7-12-24/h5-7,11-12,14-18,20,27,30,32H,8-10,13H2,1-4H3/b28-17-/t20-,27+,30?/m1/s1. The molecule has 1 aliphatic heterocycles. The van der Waals surface area contributed by atoms with Crippen LogP contribution < -0.4 is 5.32 Å². The Bertz CT molecular complexity index is 1300. The van der Waals surface area contributed by atoms with Gasteiger partial charge in [-0.15, -0.1) is 0 Å². The smallest absolute Gasteiger partial charge is 0.262 e. The van der Waals surface area contributed by atoms with E-state index in [1.165, 1.54) is 19.3 Å². The Morgan fingerprint density at radius 1 is 1.03 bits per heavy atom. The number of thioether (sulfide) groups is 1. The molecule has 0 spiro atoms. The number of aromatic nitrogens is 1. The monoisotopic (exact) mass is 519 g/mol. The van der Waals surface area contributed by atoms with Crippen LogP contribution in [0.1, 0.15) is 55.1 Å². The molecule has 1 amide bonds. The number of nitrogens with zero attached hydrogens (tertiary/aromatic N) is 2. The summed E-state index contributed by atoms with van der Waals surface area (Å²) in [7, 11) is 0. The van der Waals surface area contributed by atoms with Crippen molar-refractivity contribution >= 4 is 41.0 Å². The second-order valence-corrected chi connectivity index (χ2v) is 11.7. The van der Waals surface area contributed by atoms with Crippen LogP contribution in [0.3, 0.4) is 0 Å². The highest BCUT2D eigenvalue weighted by Crippen LogP contribution is 2.42. The van der Waals surface area contributed by atoms with Gasteiger partial charge in [-0.1, -0.05) is 67.4 Å². The minimum absolute atomic E-state index is 0.115. The van der Waals surface area contributed by atoms with Crippen LogP contribution in [0.4, 0.5) is 5.69 Å². The van der Waals surface area contributed by atoms with E-state index in [1.54, 1.807) is 11.8 Å². The fourth-order valence-electron chi connectivity index (χ4n) is 5.56. The van der Waals surface area contributed by atoms with Crippen LogP contribution in [-0.2, 0) is 4.79 Å². The van der Waals surface area contributed by atoms with Crippen LogP contribution in [0.2, 0.25) is 5.02 Å². The van der Waals surface area contributed by atoms with Gasteiger partial charge in [-0.2, -0.15) is 0 Å². The molecule has 2 aliphatic rings. The Hall–Kier alpha value is -2.63. The van der Waals surface area contributed by atoms with Crippen LogP contribution in [0, 0.1) is 26.7 Å². The highest BCUT2D eigenvalue weighted by molar-refractivity contribution is 8.05. The van der Waals surface area contributed by atoms with E-state index in [2.05, 4.69) is 65.9 Å². The zero-order valence-corrected chi connectivity index (χ0v) is 23.0. The van der Waals surface area contributed by atoms with E-state index in [-0.39, 0.29) is 17.4 Å². The molecule has 1 saturated carbocycles. The molecule has 188 valence electrons. The van der Waals surface area contributed by atoms with E-state index < -0.39 is 0 Å². The van der Waals surface area contributed by atoms with Crippen molar-refractivity contribution in [1.82, 2.24) is 9.47 Å². The van der Waals surface area contributed by atoms with Gasteiger partial charge in [0.05, 0.1) is 4.91 Å². The normalized spacial score (nSPS) is 23.5. The minimum atomic E-state index is -0.115. The molecule has 3 aromatic rings. The summed E-state index contributed by atoms with van der Waals surface area (Å²) in [6.45, 7) is 8.52. The number of hydrogen-bond donors (Lipinski definition) is 1. The number of nitrogens with one attached hydrogen (secondary N) is 1. The van der Waals surface area contributed by atoms with Crippen molar-refractivity contribution in [3.63, 3.8) is 0 Å². The third-order valence-corrected chi connectivity index (χ3v) is 9.12. The van der Waals surface area contributed by atoms with Crippen molar-refractivity contribution in [2.75, 3.05) is 5.32 Å². The van der Waals surface area contributed by atoms with Crippen LogP contribution in [-0.4, -0.2) is 26.9 Å². The van der Waals surface area contributed by atoms with Gasteiger partial charge in [-0.05, 0) is 87.1 Å². The maximum atomic E-state index is 13.9. The molecule has 0 bridgehead atoms. The van der Waals surface area contributed by atoms with Crippen LogP contribution >= 0.6 is 23.4 Å². The van der Waals surface area contributed by atoms with Crippen LogP contribution in [0.5, 0.6) is 0 Å². The summed E-state index contributed by atoms with van der Waals surface area (Å²) in [4.78, 5) is 16.8. The van der Waals surface area contributed by atoms with Gasteiger partial charge in [-0.3, -0.25) is 4.79 Å². The first kappa shape index (κ1) is 25.0. The Balaban J connectivity index is 1.49. The zero-order valence-electron chi connectivity index (χ0n) is 21.4. The summed E-state index contributed by atoms with van der Waals surface area (Å²) in [6, 6.07) is 18.8. The van der Waals surface area contributed by atoms with E-state index in [0.29, 0.717) is 5.92 Å². The lowest BCUT2D eigenvalue weighted by Gasteiger charge is -2.39. The second-order valence-electron chi connectivity index (χ2n) is 10.1. The number of hydrogen-bond acceptors (Lipinski definition) is 3. The first-order chi connectivity index (χ1) is 17.3. The third kappa shape index (κ3) is 4.83. The number of carbonyl (C=O) groups excluding carboxylic acids is 1. The molecule has 1 aliphatic carbocycles. The van der Waals surface area contributed by atoms with Gasteiger partial charge in [0.2, 0.25) is 0 Å². The summed E-state index contributed by atoms with van der Waals surface area (Å²) >= 11 is 8.06. The Kier molecular flexibility index (Phi) is 7.23. The number of aryl methyl sites for hydroxylation is 2. The zero-order chi connectivity index (χ0) is 25.4. The summed E-state index contributed by atoms with van der Waals surface area (Å²) in [6.07, 6.45) is 6.75. The molecule has 1 unspecified atom stereocenters. The Labute approximate surface area is 223 Å². The van der Waals surface area contributed by atoms with Gasteiger partial charge in [-0.25, -0.2) is 0 Å². The number of halogens is 1. The lowest BCUT2D eigenvalue weighted by molar-refractivity contribution is -0.129. The largest absolute Gasteiger partial charge is 0.356 e. The van der Waals surface area contributed by atoms with Crippen molar-refractivity contribution in [3.8, 4) is 5.69 Å². The summed E-state index contributed by atoms with van der Waals surface area (Å²) < 4.78 is 2.21. The van der Waals surface area contributed by atoms with Gasteiger partial charge in [0, 0.05) is 33.8 Å². The molecule has 6 heteroatoms. The molecule has 36 heavy (non-hydrogen) atoms. The average molecular weight is 520 g/mol. The molecule has 1 aromatic heterocycles. The SMILES string of the molecule is Cc1ccc(-n2c(C)cc(/C=C3\SC(Nc4ccccc4)N([C@H]4CCCC[C@H]4C)C3=O)c2C)cc1Cl. The lowest BCUT2D eigenvalue weighted by Crippen LogP contribution is -2.48. The Morgan fingerprint density at radius 2 is 1.78 bits per heavy atom. The highest BCUT2D eigenvalue weighted by Gasteiger charge is 2.43. The summed E-state index contributed by atoms with van der Waals surface area (Å²) in [5.74, 6) is 0.634. The highest BCUT2D eigenvalue weighted by atomic mass is 35.5. The minimum Gasteiger partial charge on any atom is -0.356 e. The first-order valence-corrected chi connectivity index (χ1v) is 14.1. The molecular formula is C30H34ClN3OS. The molecule has 2 aromatic carbocycles. The number of amides is 1. The van der Waals surface area contributed by atoms with E-state index in [4.69, 9.17) is 11.6 Å². The summed E-state index contributed by atoms with van der Waals surface area (Å²) in [5.41, 5.74) is 6.31. The molecule has 1 saturated heterocycles. The van der Waals surface area contributed by atoms with Crippen molar-refractivity contribution in [1.29, 1.82) is 0 Å². The number of rotatable bonds is 5. The number of carbonyl (C=O) groups is 1. The average Bonchev–Trinajstić information content (AvgIpc) is 3.31. The number of para-hydroxylation sites is 1. The van der Waals surface area contributed by atoms with Gasteiger partial charge in [0.25, 0.3) is 5.91 Å². The molecular weight excluding hydrogens is 486 g/mol. The molecule has 0 radical (unpaired) electrons. The maximum Gasteiger partial charge on any atom is 0.262 e. The third-order valence-electron chi connectivity index (χ3n) is 7.59. The fourth-order valence-corrected chi connectivity index (χ4v) is 6.94. The molecule has 4 nitrogen and oxygen atoms in total. The van der Waals surface area contributed by atoms with E-state index >= 15 is 0 Å². The molecule has 5 rings (SSSR count). The molecule has 1 N–H and O–H groups in total. The summed E-state index contributed by atoms with van der Waals surface area (Å²) in [5, 5.41) is 4.39. The maximum absolute atomic E-state index is 13.9. The number of anilines is 1. The Morgan fingerprint density at radius 3 is 2.50 bits per heavy atom. The van der Waals surface area contributed by atoms with Gasteiger partial charge in [0.1, 0.15) is 0 Å². The second kappa shape index (κ2) is 10.4. The van der Waals surface area contributed by atoms with Crippen molar-refractivity contribution in [2.24, 2.45) is 5.92 Å². The van der Waals surface area contributed by atoms with Crippen molar-refractivity contribution < 1.29 is 4.79 Å². The van der Waals surface area contributed by atoms with E-state index in [0.717, 1.165) is 50.2 Å². The van der Waals surface area contributed by atoms with E-state index in [9.17, 15) is 4.79 Å². The molecule has 2 heterocycles. The van der Waals surface area contributed by atoms with Gasteiger partial charge in [0.15, 0.2) is 5.50 Å². The fraction of sp³-hybridized carbons (Fsp3) is 0.367. The van der Waals surface area contributed by atoms with Crippen LogP contribution in [0.15, 0.2) is 59.5 Å². The molecule has 3 atom stereocenters. The van der Waals surface area contributed by atoms with E-state index in [1.807, 2.05) is 37.3 Å².